The first-order valence-electron chi connectivity index (χ1n) is 7.02. The number of hydrogen-bond acceptors (Lipinski definition) is 4. The van der Waals surface area contributed by atoms with Crippen LogP contribution in [0, 0.1) is 0 Å². The first-order valence-corrected chi connectivity index (χ1v) is 7.02. The van der Waals surface area contributed by atoms with Crippen LogP contribution in [0.5, 0.6) is 5.75 Å². The predicted octanol–water partition coefficient (Wildman–Crippen LogP) is 2.49. The van der Waals surface area contributed by atoms with Gasteiger partial charge in [-0.2, -0.15) is 0 Å². The van der Waals surface area contributed by atoms with Crippen LogP contribution in [0.25, 0.3) is 0 Å². The zero-order valence-electron chi connectivity index (χ0n) is 12.5. The summed E-state index contributed by atoms with van der Waals surface area (Å²) in [6.07, 6.45) is 0.967. The summed E-state index contributed by atoms with van der Waals surface area (Å²) < 4.78 is 7.54. The number of rotatable bonds is 7. The minimum absolute atomic E-state index is 0.149. The van der Waals surface area contributed by atoms with Crippen LogP contribution in [0.3, 0.4) is 0 Å². The van der Waals surface area contributed by atoms with Gasteiger partial charge < -0.3 is 9.84 Å². The van der Waals surface area contributed by atoms with E-state index in [-0.39, 0.29) is 6.61 Å². The van der Waals surface area contributed by atoms with Gasteiger partial charge in [-0.05, 0) is 31.0 Å². The quantitative estimate of drug-likeness (QED) is 0.795. The van der Waals surface area contributed by atoms with Crippen molar-refractivity contribution in [1.29, 1.82) is 0 Å². The molecule has 0 unspecified atom stereocenters. The zero-order chi connectivity index (χ0) is 15.2. The molecule has 2 rings (SSSR count). The smallest absolute Gasteiger partial charge is 0.132 e. The highest BCUT2D eigenvalue weighted by molar-refractivity contribution is 5.28. The molecular weight excluding hydrogens is 266 g/mol. The molecule has 0 aliphatic carbocycles. The number of hydrogen-bond donors (Lipinski definition) is 1. The van der Waals surface area contributed by atoms with Crippen molar-refractivity contribution in [3.8, 4) is 5.75 Å². The molecule has 0 spiro atoms. The molecule has 0 bridgehead atoms. The molecule has 21 heavy (non-hydrogen) atoms. The number of aliphatic hydroxyl groups is 1. The summed E-state index contributed by atoms with van der Waals surface area (Å²) in [4.78, 5) is 0. The lowest BCUT2D eigenvalue weighted by molar-refractivity contribution is 0.262. The third kappa shape index (κ3) is 3.92. The summed E-state index contributed by atoms with van der Waals surface area (Å²) >= 11 is 0. The maximum atomic E-state index is 9.35. The number of ether oxygens (including phenoxy) is 1. The number of allylic oxidation sites excluding steroid dienone is 1. The van der Waals surface area contributed by atoms with Crippen LogP contribution in [0.2, 0.25) is 0 Å². The Labute approximate surface area is 124 Å². The Bertz CT molecular complexity index is 620. The lowest BCUT2D eigenvalue weighted by Gasteiger charge is -2.10. The predicted molar refractivity (Wildman–Crippen MR) is 80.9 cm³/mol. The highest BCUT2D eigenvalue weighted by Gasteiger charge is 2.13. The lowest BCUT2D eigenvalue weighted by atomic mass is 10.2. The highest BCUT2D eigenvalue weighted by atomic mass is 16.5. The zero-order valence-corrected chi connectivity index (χ0v) is 12.5. The Morgan fingerprint density at radius 2 is 2.24 bits per heavy atom. The van der Waals surface area contributed by atoms with Crippen LogP contribution in [-0.2, 0) is 26.2 Å². The second kappa shape index (κ2) is 7.04. The molecule has 5 heteroatoms. The van der Waals surface area contributed by atoms with Gasteiger partial charge in [0.15, 0.2) is 0 Å². The summed E-state index contributed by atoms with van der Waals surface area (Å²) in [7, 11) is 0. The van der Waals surface area contributed by atoms with E-state index in [9.17, 15) is 5.11 Å². The van der Waals surface area contributed by atoms with Crippen LogP contribution in [0.15, 0.2) is 36.4 Å². The van der Waals surface area contributed by atoms with Crippen molar-refractivity contribution >= 4 is 0 Å². The lowest BCUT2D eigenvalue weighted by Crippen LogP contribution is -2.10. The normalized spacial score (nSPS) is 10.6. The van der Waals surface area contributed by atoms with Gasteiger partial charge in [-0.1, -0.05) is 36.4 Å². The SMILES string of the molecule is C=C(C)Cn1nnc(CO)c1COc1cccc(CC)c1. The third-order valence-corrected chi connectivity index (χ3v) is 3.17. The minimum Gasteiger partial charge on any atom is -0.487 e. The molecule has 1 heterocycles. The standard InChI is InChI=1S/C16H21N3O2/c1-4-13-6-5-7-14(8-13)21-11-16-15(10-20)17-18-19(16)9-12(2)3/h5-8,20H,2,4,9-11H2,1,3H3. The van der Waals surface area contributed by atoms with Gasteiger partial charge in [0.1, 0.15) is 23.7 Å². The summed E-state index contributed by atoms with van der Waals surface area (Å²) in [5.41, 5.74) is 3.52. The maximum absolute atomic E-state index is 9.35. The van der Waals surface area contributed by atoms with Gasteiger partial charge in [-0.25, -0.2) is 4.68 Å². The van der Waals surface area contributed by atoms with Crippen molar-refractivity contribution in [3.05, 3.63) is 53.4 Å². The first-order chi connectivity index (χ1) is 10.1. The molecule has 0 atom stereocenters. The van der Waals surface area contributed by atoms with Crippen molar-refractivity contribution in [1.82, 2.24) is 15.0 Å². The van der Waals surface area contributed by atoms with Gasteiger partial charge in [-0.15, -0.1) is 5.10 Å². The molecule has 0 radical (unpaired) electrons. The number of aromatic nitrogens is 3. The van der Waals surface area contributed by atoms with E-state index >= 15 is 0 Å². The fourth-order valence-corrected chi connectivity index (χ4v) is 2.04. The van der Waals surface area contributed by atoms with Crippen molar-refractivity contribution in [3.63, 3.8) is 0 Å². The van der Waals surface area contributed by atoms with Crippen molar-refractivity contribution < 1.29 is 9.84 Å². The molecule has 1 N–H and O–H groups in total. The highest BCUT2D eigenvalue weighted by Crippen LogP contribution is 2.17. The molecule has 0 aliphatic heterocycles. The van der Waals surface area contributed by atoms with Crippen LogP contribution in [0.1, 0.15) is 30.8 Å². The van der Waals surface area contributed by atoms with E-state index < -0.39 is 0 Å². The molecule has 0 saturated heterocycles. The average molecular weight is 287 g/mol. The Morgan fingerprint density at radius 1 is 1.43 bits per heavy atom. The van der Waals surface area contributed by atoms with Crippen molar-refractivity contribution in [2.45, 2.75) is 40.0 Å². The first kappa shape index (κ1) is 15.3. The van der Waals surface area contributed by atoms with Crippen molar-refractivity contribution in [2.75, 3.05) is 0 Å². The van der Waals surface area contributed by atoms with E-state index in [0.29, 0.717) is 18.8 Å². The number of aliphatic hydroxyl groups excluding tert-OH is 1. The Kier molecular flexibility index (Phi) is 5.11. The summed E-state index contributed by atoms with van der Waals surface area (Å²) in [5.74, 6) is 0.807. The molecule has 0 aliphatic rings. The van der Waals surface area contributed by atoms with Gasteiger partial charge in [0.2, 0.25) is 0 Å². The van der Waals surface area contributed by atoms with Gasteiger partial charge in [-0.3, -0.25) is 0 Å². The fourth-order valence-electron chi connectivity index (χ4n) is 2.04. The third-order valence-electron chi connectivity index (χ3n) is 3.17. The number of aryl methyl sites for hydroxylation is 1. The summed E-state index contributed by atoms with van der Waals surface area (Å²) in [6, 6.07) is 7.99. The number of nitrogens with zero attached hydrogens (tertiary/aromatic N) is 3. The van der Waals surface area contributed by atoms with Gasteiger partial charge >= 0.3 is 0 Å². The molecular formula is C16H21N3O2. The molecule has 5 nitrogen and oxygen atoms in total. The molecule has 1 aromatic heterocycles. The molecule has 0 saturated carbocycles. The average Bonchev–Trinajstić information content (AvgIpc) is 2.86. The van der Waals surface area contributed by atoms with Gasteiger partial charge in [0.25, 0.3) is 0 Å². The van der Waals surface area contributed by atoms with Crippen molar-refractivity contribution in [2.24, 2.45) is 0 Å². The van der Waals surface area contributed by atoms with Crippen LogP contribution in [-0.4, -0.2) is 20.1 Å². The Morgan fingerprint density at radius 3 is 2.90 bits per heavy atom. The monoisotopic (exact) mass is 287 g/mol. The Balaban J connectivity index is 2.14. The fraction of sp³-hybridized carbons (Fsp3) is 0.375. The summed E-state index contributed by atoms with van der Waals surface area (Å²) in [5, 5.41) is 17.4. The van der Waals surface area contributed by atoms with Crippen LogP contribution < -0.4 is 4.74 Å². The topological polar surface area (TPSA) is 60.2 Å². The largest absolute Gasteiger partial charge is 0.487 e. The van der Waals surface area contributed by atoms with E-state index in [0.717, 1.165) is 23.4 Å². The van der Waals surface area contributed by atoms with Crippen LogP contribution >= 0.6 is 0 Å². The molecule has 2 aromatic rings. The van der Waals surface area contributed by atoms with E-state index in [1.54, 1.807) is 4.68 Å². The van der Waals surface area contributed by atoms with E-state index in [1.165, 1.54) is 5.56 Å². The molecule has 112 valence electrons. The molecule has 1 aromatic carbocycles. The Hall–Kier alpha value is -2.14. The second-order valence-electron chi connectivity index (χ2n) is 5.05. The van der Waals surface area contributed by atoms with E-state index in [1.807, 2.05) is 25.1 Å². The van der Waals surface area contributed by atoms with Crippen LogP contribution in [0.4, 0.5) is 0 Å². The number of benzene rings is 1. The van der Waals surface area contributed by atoms with Gasteiger partial charge in [0, 0.05) is 0 Å². The summed E-state index contributed by atoms with van der Waals surface area (Å²) in [6.45, 7) is 8.65. The second-order valence-corrected chi connectivity index (χ2v) is 5.05. The maximum Gasteiger partial charge on any atom is 0.132 e. The molecule has 0 amide bonds. The molecule has 0 fully saturated rings. The van der Waals surface area contributed by atoms with Gasteiger partial charge in [0.05, 0.1) is 13.2 Å². The van der Waals surface area contributed by atoms with E-state index in [2.05, 4.69) is 29.9 Å². The minimum atomic E-state index is -0.149. The van der Waals surface area contributed by atoms with E-state index in [4.69, 9.17) is 4.74 Å².